The van der Waals surface area contributed by atoms with Crippen molar-refractivity contribution in [2.24, 2.45) is 10.8 Å². The van der Waals surface area contributed by atoms with Crippen LogP contribution in [-0.4, -0.2) is 6.04 Å². The summed E-state index contributed by atoms with van der Waals surface area (Å²) in [6.45, 7) is 9.56. The Hall–Kier alpha value is -0.340. The summed E-state index contributed by atoms with van der Waals surface area (Å²) in [6.07, 6.45) is 3.95. The highest BCUT2D eigenvalue weighted by Crippen LogP contribution is 2.63. The van der Waals surface area contributed by atoms with Crippen LogP contribution in [0.1, 0.15) is 57.0 Å². The number of rotatable bonds is 2. The van der Waals surface area contributed by atoms with Gasteiger partial charge in [0.05, 0.1) is 0 Å². The van der Waals surface area contributed by atoms with E-state index in [4.69, 9.17) is 0 Å². The topological polar surface area (TPSA) is 12.0 Å². The summed E-state index contributed by atoms with van der Waals surface area (Å²) in [5.74, 6) is 0. The number of nitrogens with one attached hydrogen (secondary N) is 1. The smallest absolute Gasteiger partial charge is 0.0334 e. The molecular weight excluding hydrogens is 226 g/mol. The summed E-state index contributed by atoms with van der Waals surface area (Å²) in [6, 6.07) is 3.61. The standard InChI is InChI=1S/C15H23NS/c1-14(2)13(15(14,3)4)16-11-6-5-7-12-10(11)8-9-17-12/h8-9,11,13,16H,5-7H2,1-4H3. The second kappa shape index (κ2) is 3.58. The van der Waals surface area contributed by atoms with Gasteiger partial charge in [0.15, 0.2) is 0 Å². The Morgan fingerprint density at radius 1 is 1.24 bits per heavy atom. The van der Waals surface area contributed by atoms with Gasteiger partial charge in [-0.15, -0.1) is 11.3 Å². The average molecular weight is 249 g/mol. The van der Waals surface area contributed by atoms with E-state index in [2.05, 4.69) is 44.5 Å². The number of hydrogen-bond donors (Lipinski definition) is 1. The van der Waals surface area contributed by atoms with E-state index in [1.165, 1.54) is 19.3 Å². The maximum Gasteiger partial charge on any atom is 0.0334 e. The summed E-state index contributed by atoms with van der Waals surface area (Å²) in [4.78, 5) is 1.62. The Labute approximate surface area is 109 Å². The molecule has 0 amide bonds. The molecule has 1 N–H and O–H groups in total. The molecular formula is C15H23NS. The molecule has 1 heterocycles. The fourth-order valence-electron chi connectivity index (χ4n) is 3.47. The monoisotopic (exact) mass is 249 g/mol. The highest BCUT2D eigenvalue weighted by atomic mass is 32.1. The first-order valence-corrected chi connectivity index (χ1v) is 7.65. The minimum absolute atomic E-state index is 0.445. The van der Waals surface area contributed by atoms with Crippen LogP contribution in [0.3, 0.4) is 0 Å². The quantitative estimate of drug-likeness (QED) is 0.830. The van der Waals surface area contributed by atoms with Gasteiger partial charge in [-0.3, -0.25) is 0 Å². The van der Waals surface area contributed by atoms with Crippen LogP contribution in [0.4, 0.5) is 0 Å². The lowest BCUT2D eigenvalue weighted by molar-refractivity contribution is 0.424. The van der Waals surface area contributed by atoms with E-state index in [-0.39, 0.29) is 0 Å². The van der Waals surface area contributed by atoms with Crippen LogP contribution < -0.4 is 5.32 Å². The van der Waals surface area contributed by atoms with Crippen molar-refractivity contribution < 1.29 is 0 Å². The Morgan fingerprint density at radius 2 is 1.94 bits per heavy atom. The summed E-state index contributed by atoms with van der Waals surface area (Å²) in [5, 5.41) is 6.18. The Kier molecular flexibility index (Phi) is 2.47. The highest BCUT2D eigenvalue weighted by molar-refractivity contribution is 7.10. The molecule has 0 radical (unpaired) electrons. The lowest BCUT2D eigenvalue weighted by Gasteiger charge is -2.25. The van der Waals surface area contributed by atoms with Crippen LogP contribution in [0, 0.1) is 10.8 Å². The van der Waals surface area contributed by atoms with Crippen LogP contribution in [0.25, 0.3) is 0 Å². The van der Waals surface area contributed by atoms with E-state index < -0.39 is 0 Å². The van der Waals surface area contributed by atoms with Gasteiger partial charge in [-0.25, -0.2) is 0 Å². The zero-order valence-corrected chi connectivity index (χ0v) is 12.2. The number of thiophene rings is 1. The maximum absolute atomic E-state index is 3.92. The van der Waals surface area contributed by atoms with Crippen molar-refractivity contribution in [3.8, 4) is 0 Å². The van der Waals surface area contributed by atoms with E-state index in [0.717, 1.165) is 0 Å². The summed E-state index contributed by atoms with van der Waals surface area (Å²) < 4.78 is 0. The molecule has 0 spiro atoms. The fourth-order valence-corrected chi connectivity index (χ4v) is 4.46. The van der Waals surface area contributed by atoms with E-state index in [0.29, 0.717) is 22.9 Å². The predicted molar refractivity (Wildman–Crippen MR) is 74.5 cm³/mol. The summed E-state index contributed by atoms with van der Waals surface area (Å²) >= 11 is 1.94. The molecule has 1 aromatic heterocycles. The minimum atomic E-state index is 0.445. The van der Waals surface area contributed by atoms with Crippen molar-refractivity contribution in [1.29, 1.82) is 0 Å². The van der Waals surface area contributed by atoms with Crippen molar-refractivity contribution in [2.75, 3.05) is 0 Å². The van der Waals surface area contributed by atoms with Gasteiger partial charge in [0, 0.05) is 17.0 Å². The highest BCUT2D eigenvalue weighted by Gasteiger charge is 2.65. The molecule has 0 saturated heterocycles. The van der Waals surface area contributed by atoms with E-state index in [9.17, 15) is 0 Å². The van der Waals surface area contributed by atoms with Crippen LogP contribution in [-0.2, 0) is 6.42 Å². The third-order valence-corrected chi connectivity index (χ3v) is 6.44. The lowest BCUT2D eigenvalue weighted by atomic mass is 9.93. The van der Waals surface area contributed by atoms with Crippen LogP contribution >= 0.6 is 11.3 Å². The van der Waals surface area contributed by atoms with Crippen molar-refractivity contribution in [3.05, 3.63) is 21.9 Å². The summed E-state index contributed by atoms with van der Waals surface area (Å²) in [5.41, 5.74) is 2.47. The molecule has 1 nitrogen and oxygen atoms in total. The molecule has 0 aliphatic heterocycles. The number of fused-ring (bicyclic) bond motifs is 1. The van der Waals surface area contributed by atoms with Gasteiger partial charge in [0.2, 0.25) is 0 Å². The molecule has 0 aromatic carbocycles. The molecule has 0 bridgehead atoms. The maximum atomic E-state index is 3.92. The van der Waals surface area contributed by atoms with Crippen molar-refractivity contribution >= 4 is 11.3 Å². The van der Waals surface area contributed by atoms with Gasteiger partial charge >= 0.3 is 0 Å². The first kappa shape index (κ1) is 11.7. The zero-order chi connectivity index (χ0) is 12.3. The van der Waals surface area contributed by atoms with E-state index in [1.807, 2.05) is 11.3 Å². The molecule has 1 atom stereocenters. The fraction of sp³-hybridized carbons (Fsp3) is 0.733. The Bertz CT molecular complexity index is 416. The Morgan fingerprint density at radius 3 is 2.59 bits per heavy atom. The predicted octanol–water partition coefficient (Wildman–Crippen LogP) is 4.15. The molecule has 1 fully saturated rings. The van der Waals surface area contributed by atoms with Gasteiger partial charge in [0.25, 0.3) is 0 Å². The first-order chi connectivity index (χ1) is 7.94. The molecule has 94 valence electrons. The average Bonchev–Trinajstić information content (AvgIpc) is 2.68. The van der Waals surface area contributed by atoms with Gasteiger partial charge in [-0.2, -0.15) is 0 Å². The minimum Gasteiger partial charge on any atom is -0.306 e. The SMILES string of the molecule is CC1(C)C(NC2CCCc3sccc32)C1(C)C. The molecule has 3 rings (SSSR count). The van der Waals surface area contributed by atoms with E-state index in [1.54, 1.807) is 10.4 Å². The van der Waals surface area contributed by atoms with Gasteiger partial charge in [0.1, 0.15) is 0 Å². The van der Waals surface area contributed by atoms with Crippen LogP contribution in [0.2, 0.25) is 0 Å². The van der Waals surface area contributed by atoms with Crippen LogP contribution in [0.15, 0.2) is 11.4 Å². The van der Waals surface area contributed by atoms with E-state index >= 15 is 0 Å². The molecule has 1 aromatic rings. The van der Waals surface area contributed by atoms with Crippen molar-refractivity contribution in [3.63, 3.8) is 0 Å². The van der Waals surface area contributed by atoms with Gasteiger partial charge in [-0.1, -0.05) is 27.7 Å². The largest absolute Gasteiger partial charge is 0.306 e. The molecule has 17 heavy (non-hydrogen) atoms. The molecule has 2 aliphatic carbocycles. The number of hydrogen-bond acceptors (Lipinski definition) is 2. The normalized spacial score (nSPS) is 30.0. The third kappa shape index (κ3) is 1.61. The third-order valence-electron chi connectivity index (χ3n) is 5.44. The Balaban J connectivity index is 1.77. The lowest BCUT2D eigenvalue weighted by Crippen LogP contribution is -2.29. The molecule has 1 saturated carbocycles. The molecule has 2 heteroatoms. The van der Waals surface area contributed by atoms with Crippen LogP contribution in [0.5, 0.6) is 0 Å². The second-order valence-corrected chi connectivity index (χ2v) is 7.79. The zero-order valence-electron chi connectivity index (χ0n) is 11.3. The van der Waals surface area contributed by atoms with Gasteiger partial charge in [-0.05, 0) is 47.1 Å². The van der Waals surface area contributed by atoms with Gasteiger partial charge < -0.3 is 5.32 Å². The van der Waals surface area contributed by atoms with Crippen molar-refractivity contribution in [2.45, 2.75) is 59.0 Å². The molecule has 1 unspecified atom stereocenters. The second-order valence-electron chi connectivity index (χ2n) is 6.79. The summed E-state index contributed by atoms with van der Waals surface area (Å²) in [7, 11) is 0. The first-order valence-electron chi connectivity index (χ1n) is 6.77. The van der Waals surface area contributed by atoms with Crippen molar-refractivity contribution in [1.82, 2.24) is 5.32 Å². The molecule has 2 aliphatic rings. The number of aryl methyl sites for hydroxylation is 1.